The Hall–Kier alpha value is -3.49. The fraction of sp³-hybridized carbons (Fsp3) is 0.250. The molecule has 0 fully saturated rings. The number of benzene rings is 2. The molecule has 0 radical (unpaired) electrons. The van der Waals surface area contributed by atoms with Gasteiger partial charge < -0.3 is 29.2 Å². The third-order valence-electron chi connectivity index (χ3n) is 4.95. The number of aliphatic carboxylic acids is 1. The maximum Gasteiger partial charge on any atom is 0.322 e. The number of carboxylic acid groups (broad SMARTS) is 1. The highest BCUT2D eigenvalue weighted by Crippen LogP contribution is 2.33. The lowest BCUT2D eigenvalue weighted by molar-refractivity contribution is -0.138. The van der Waals surface area contributed by atoms with Gasteiger partial charge in [0.05, 0.1) is 38.6 Å². The van der Waals surface area contributed by atoms with Crippen LogP contribution in [0.15, 0.2) is 60.8 Å². The molecule has 33 heavy (non-hydrogen) atoms. The number of halogens is 1. The number of aromatic nitrogens is 1. The van der Waals surface area contributed by atoms with Gasteiger partial charge in [0.15, 0.2) is 11.5 Å². The third kappa shape index (κ3) is 6.27. The lowest BCUT2D eigenvalue weighted by Gasteiger charge is -2.16. The second kappa shape index (κ2) is 11.4. The van der Waals surface area contributed by atoms with Crippen molar-refractivity contribution in [3.8, 4) is 17.2 Å². The molecule has 174 valence electrons. The maximum absolute atomic E-state index is 11.9. The topological polar surface area (TPSA) is 99.0 Å². The summed E-state index contributed by atoms with van der Waals surface area (Å²) in [5.41, 5.74) is 2.74. The van der Waals surface area contributed by atoms with Gasteiger partial charge in [0.2, 0.25) is 5.91 Å². The van der Waals surface area contributed by atoms with Crippen molar-refractivity contribution in [2.45, 2.75) is 19.1 Å². The van der Waals surface area contributed by atoms with Crippen molar-refractivity contribution in [1.29, 1.82) is 0 Å². The van der Waals surface area contributed by atoms with Crippen LogP contribution in [0.4, 0.5) is 0 Å². The van der Waals surface area contributed by atoms with Gasteiger partial charge in [-0.25, -0.2) is 0 Å². The van der Waals surface area contributed by atoms with E-state index in [0.717, 1.165) is 28.4 Å². The smallest absolute Gasteiger partial charge is 0.322 e. The summed E-state index contributed by atoms with van der Waals surface area (Å²) in [6, 6.07) is 16.9. The number of amides is 1. The molecule has 3 aromatic rings. The Labute approximate surface area is 196 Å². The van der Waals surface area contributed by atoms with Crippen molar-refractivity contribution >= 4 is 23.5 Å². The van der Waals surface area contributed by atoms with Crippen LogP contribution in [-0.4, -0.2) is 42.3 Å². The molecular formula is C24H25ClN2O6. The van der Waals surface area contributed by atoms with Gasteiger partial charge in [-0.1, -0.05) is 23.7 Å². The van der Waals surface area contributed by atoms with Crippen LogP contribution < -0.4 is 14.8 Å². The number of ether oxygens (including phenoxy) is 3. The molecule has 1 aromatic heterocycles. The van der Waals surface area contributed by atoms with Crippen LogP contribution in [0.25, 0.3) is 5.69 Å². The van der Waals surface area contributed by atoms with E-state index in [2.05, 4.69) is 5.32 Å². The van der Waals surface area contributed by atoms with E-state index in [0.29, 0.717) is 11.6 Å². The van der Waals surface area contributed by atoms with E-state index in [-0.39, 0.29) is 12.3 Å². The lowest BCUT2D eigenvalue weighted by atomic mass is 10.1. The largest absolute Gasteiger partial charge is 0.493 e. The lowest BCUT2D eigenvalue weighted by Crippen LogP contribution is -2.30. The van der Waals surface area contributed by atoms with Crippen LogP contribution in [-0.2, 0) is 20.9 Å². The Kier molecular flexibility index (Phi) is 8.34. The standard InChI is InChI=1S/C16H15ClN2O4.C8H10O2/c17-11-3-4-12-10(6-11)9-23-14(13-2-1-5-19(12)13)7-15(20)18-8-16(21)22;1-9-7-5-3-4-6-8(7)10-2/h1-6,14H,7-9H2,(H,18,20)(H,21,22);3-6H,1-2H3/t14-;/m0./s1. The summed E-state index contributed by atoms with van der Waals surface area (Å²) < 4.78 is 17.8. The molecule has 0 unspecified atom stereocenters. The Morgan fingerprint density at radius 1 is 1.12 bits per heavy atom. The molecule has 0 spiro atoms. The summed E-state index contributed by atoms with van der Waals surface area (Å²) in [6.07, 6.45) is 1.50. The summed E-state index contributed by atoms with van der Waals surface area (Å²) in [7, 11) is 3.25. The molecule has 1 aliphatic heterocycles. The second-order valence-corrected chi connectivity index (χ2v) is 7.54. The SMILES string of the molecule is COc1ccccc1OC.O=C(O)CNC(=O)C[C@@H]1OCc2cc(Cl)ccc2-n2cccc21. The first-order valence-corrected chi connectivity index (χ1v) is 10.5. The van der Waals surface area contributed by atoms with Crippen LogP contribution in [0.2, 0.25) is 5.02 Å². The summed E-state index contributed by atoms with van der Waals surface area (Å²) in [5, 5.41) is 11.6. The van der Waals surface area contributed by atoms with E-state index in [1.54, 1.807) is 14.2 Å². The third-order valence-corrected chi connectivity index (χ3v) is 5.18. The van der Waals surface area contributed by atoms with Crippen molar-refractivity contribution in [2.75, 3.05) is 20.8 Å². The van der Waals surface area contributed by atoms with E-state index in [4.69, 9.17) is 30.9 Å². The maximum atomic E-state index is 11.9. The summed E-state index contributed by atoms with van der Waals surface area (Å²) in [6.45, 7) is -0.0726. The highest BCUT2D eigenvalue weighted by molar-refractivity contribution is 6.30. The monoisotopic (exact) mass is 472 g/mol. The second-order valence-electron chi connectivity index (χ2n) is 7.11. The predicted octanol–water partition coefficient (Wildman–Crippen LogP) is 4.00. The van der Waals surface area contributed by atoms with E-state index in [1.807, 2.05) is 65.4 Å². The van der Waals surface area contributed by atoms with Crippen molar-refractivity contribution in [2.24, 2.45) is 0 Å². The first-order chi connectivity index (χ1) is 15.9. The van der Waals surface area contributed by atoms with Crippen LogP contribution in [0.5, 0.6) is 11.5 Å². The number of carbonyl (C=O) groups is 2. The fourth-order valence-electron chi connectivity index (χ4n) is 3.42. The minimum Gasteiger partial charge on any atom is -0.493 e. The van der Waals surface area contributed by atoms with Crippen molar-refractivity contribution < 1.29 is 28.9 Å². The molecule has 0 saturated carbocycles. The Bertz CT molecular complexity index is 1090. The van der Waals surface area contributed by atoms with E-state index < -0.39 is 18.6 Å². The van der Waals surface area contributed by atoms with Gasteiger partial charge in [-0.15, -0.1) is 0 Å². The average Bonchev–Trinajstić information content (AvgIpc) is 3.25. The zero-order valence-corrected chi connectivity index (χ0v) is 19.0. The number of hydrogen-bond acceptors (Lipinski definition) is 5. The highest BCUT2D eigenvalue weighted by Gasteiger charge is 2.25. The molecule has 0 bridgehead atoms. The van der Waals surface area contributed by atoms with Gasteiger partial charge in [0.1, 0.15) is 12.6 Å². The van der Waals surface area contributed by atoms with Crippen LogP contribution in [0.1, 0.15) is 23.8 Å². The number of para-hydroxylation sites is 2. The van der Waals surface area contributed by atoms with Gasteiger partial charge in [-0.05, 0) is 42.5 Å². The van der Waals surface area contributed by atoms with Gasteiger partial charge in [-0.3, -0.25) is 9.59 Å². The fourth-order valence-corrected chi connectivity index (χ4v) is 3.62. The molecular weight excluding hydrogens is 448 g/mol. The summed E-state index contributed by atoms with van der Waals surface area (Å²) in [4.78, 5) is 22.4. The number of nitrogens with one attached hydrogen (secondary N) is 1. The summed E-state index contributed by atoms with van der Waals surface area (Å²) >= 11 is 6.04. The van der Waals surface area contributed by atoms with Gasteiger partial charge >= 0.3 is 5.97 Å². The number of carbonyl (C=O) groups excluding carboxylic acids is 1. The molecule has 4 rings (SSSR count). The molecule has 1 aliphatic rings. The minimum absolute atomic E-state index is 0.0546. The molecule has 1 atom stereocenters. The van der Waals surface area contributed by atoms with Gasteiger partial charge in [-0.2, -0.15) is 0 Å². The van der Waals surface area contributed by atoms with Crippen molar-refractivity contribution in [3.63, 3.8) is 0 Å². The Morgan fingerprint density at radius 3 is 2.45 bits per heavy atom. The van der Waals surface area contributed by atoms with Crippen LogP contribution in [0.3, 0.4) is 0 Å². The molecule has 2 heterocycles. The number of nitrogens with zero attached hydrogens (tertiary/aromatic N) is 1. The first-order valence-electron chi connectivity index (χ1n) is 10.2. The number of rotatable bonds is 6. The average molecular weight is 473 g/mol. The normalized spacial score (nSPS) is 14.0. The molecule has 0 saturated heterocycles. The minimum atomic E-state index is -1.08. The van der Waals surface area contributed by atoms with E-state index in [9.17, 15) is 9.59 Å². The van der Waals surface area contributed by atoms with Crippen LogP contribution >= 0.6 is 11.6 Å². The molecule has 1 amide bonds. The van der Waals surface area contributed by atoms with Gasteiger partial charge in [0, 0.05) is 16.8 Å². The number of methoxy groups -OCH3 is 2. The Morgan fingerprint density at radius 2 is 1.82 bits per heavy atom. The van der Waals surface area contributed by atoms with E-state index >= 15 is 0 Å². The number of hydrogen-bond donors (Lipinski definition) is 2. The number of fused-ring (bicyclic) bond motifs is 3. The van der Waals surface area contributed by atoms with Crippen molar-refractivity contribution in [3.05, 3.63) is 77.1 Å². The summed E-state index contributed by atoms with van der Waals surface area (Å²) in [5.74, 6) is 0.0923. The predicted molar refractivity (Wildman–Crippen MR) is 123 cm³/mol. The molecule has 8 nitrogen and oxygen atoms in total. The Balaban J connectivity index is 0.000000257. The molecule has 2 aromatic carbocycles. The quantitative estimate of drug-likeness (QED) is 0.562. The van der Waals surface area contributed by atoms with Crippen molar-refractivity contribution in [1.82, 2.24) is 9.88 Å². The van der Waals surface area contributed by atoms with Gasteiger partial charge in [0.25, 0.3) is 0 Å². The zero-order chi connectivity index (χ0) is 23.8. The molecule has 0 aliphatic carbocycles. The van der Waals surface area contributed by atoms with Crippen LogP contribution in [0, 0.1) is 0 Å². The zero-order valence-electron chi connectivity index (χ0n) is 18.3. The number of carboxylic acids is 1. The highest BCUT2D eigenvalue weighted by atomic mass is 35.5. The molecule has 9 heteroatoms. The van der Waals surface area contributed by atoms with E-state index in [1.165, 1.54) is 0 Å². The first kappa shape index (κ1) is 24.2. The molecule has 2 N–H and O–H groups in total.